The van der Waals surface area contributed by atoms with E-state index in [1.807, 2.05) is 6.08 Å². The van der Waals surface area contributed by atoms with Gasteiger partial charge in [0.1, 0.15) is 48.8 Å². The Morgan fingerprint density at radius 2 is 0.875 bits per heavy atom. The lowest BCUT2D eigenvalue weighted by atomic mass is 9.97. The topological polar surface area (TPSA) is 228 Å². The van der Waals surface area contributed by atoms with Gasteiger partial charge in [-0.2, -0.15) is 0 Å². The Labute approximate surface area is 483 Å². The van der Waals surface area contributed by atoms with E-state index in [-0.39, 0.29) is 18.9 Å². The number of carbonyl (C=O) groups is 1. The molecular weight excluding hydrogens is 1010 g/mol. The summed E-state index contributed by atoms with van der Waals surface area (Å²) in [6, 6.07) is -0.936. The SMILES string of the molecule is CC/C=C\C/C=C\C/C=C\C/C=C\C/C=C\C/C=C\CCCCCCCCCCCCCCCCC(=O)NC(COC1OC(CO)C(OC2OC(CO)C(O)C(O)C2O)C(O)C1O)C(O)/C=C/CC/C=C/CCCCCCCCC. The third kappa shape index (κ3) is 35.1. The zero-order chi connectivity index (χ0) is 58.1. The molecular formula is C66H113NO13. The fraction of sp³-hybridized carbons (Fsp3) is 0.742. The van der Waals surface area contributed by atoms with Crippen LogP contribution in [0.25, 0.3) is 0 Å². The molecule has 2 aliphatic rings. The summed E-state index contributed by atoms with van der Waals surface area (Å²) in [6.07, 6.45) is 53.2. The first-order valence-electron chi connectivity index (χ1n) is 31.5. The summed E-state index contributed by atoms with van der Waals surface area (Å²) in [5.74, 6) is -0.254. The maximum atomic E-state index is 13.3. The number of hydrogen-bond acceptors (Lipinski definition) is 13. The van der Waals surface area contributed by atoms with Crippen molar-refractivity contribution in [1.82, 2.24) is 5.32 Å². The lowest BCUT2D eigenvalue weighted by Crippen LogP contribution is -2.65. The van der Waals surface area contributed by atoms with Crippen LogP contribution in [-0.2, 0) is 23.7 Å². The van der Waals surface area contributed by atoms with E-state index in [2.05, 4.69) is 104 Å². The predicted molar refractivity (Wildman–Crippen MR) is 323 cm³/mol. The third-order valence-electron chi connectivity index (χ3n) is 14.8. The standard InChI is InChI=1S/C66H113NO13/c1-3-5-7-9-11-13-15-17-18-19-20-21-22-23-24-25-26-27-28-29-30-31-32-33-34-35-36-38-40-42-44-46-48-50-58(71)67-54(55(70)49-47-45-43-41-39-37-16-14-12-10-8-6-4-2)53-77-65-63(76)61(74)64(57(52-69)79-65)80-66-62(75)60(73)59(72)56(51-68)78-66/h5,7,11,13,17-18,20-21,23-24,26-27,39,41,47,49,54-57,59-66,68-70,72-76H,3-4,6,8-10,12,14-16,19,22,25,28-38,40,42-46,48,50-53H2,1-2H3,(H,67,71)/b7-5-,13-11-,18-17-,21-20-,24-23-,27-26-,41-39+,49-47+. The van der Waals surface area contributed by atoms with Crippen LogP contribution in [0.4, 0.5) is 0 Å². The first-order valence-corrected chi connectivity index (χ1v) is 31.5. The average Bonchev–Trinajstić information content (AvgIpc) is 3.49. The monoisotopic (exact) mass is 1130 g/mol. The molecule has 0 spiro atoms. The van der Waals surface area contributed by atoms with Gasteiger partial charge in [0.15, 0.2) is 12.6 Å². The van der Waals surface area contributed by atoms with Gasteiger partial charge in [-0.05, 0) is 83.5 Å². The number of carbonyl (C=O) groups excluding carboxylic acids is 1. The quantitative estimate of drug-likeness (QED) is 0.0204. The minimum atomic E-state index is -1.79. The van der Waals surface area contributed by atoms with Crippen LogP contribution < -0.4 is 5.32 Å². The van der Waals surface area contributed by atoms with Gasteiger partial charge < -0.3 is 65.1 Å². The van der Waals surface area contributed by atoms with E-state index in [0.717, 1.165) is 70.6 Å². The molecule has 0 aromatic carbocycles. The highest BCUT2D eigenvalue weighted by Gasteiger charge is 2.51. The number of allylic oxidation sites excluding steroid dienone is 15. The van der Waals surface area contributed by atoms with Crippen LogP contribution >= 0.6 is 0 Å². The Kier molecular flexibility index (Phi) is 46.0. The van der Waals surface area contributed by atoms with Gasteiger partial charge in [0.05, 0.1) is 32.0 Å². The molecule has 460 valence electrons. The molecule has 0 saturated carbocycles. The van der Waals surface area contributed by atoms with Gasteiger partial charge in [0.2, 0.25) is 5.91 Å². The van der Waals surface area contributed by atoms with Crippen molar-refractivity contribution in [2.24, 2.45) is 0 Å². The van der Waals surface area contributed by atoms with Crippen LogP contribution in [0.5, 0.6) is 0 Å². The summed E-state index contributed by atoms with van der Waals surface area (Å²) in [5, 5.41) is 87.0. The van der Waals surface area contributed by atoms with E-state index in [0.29, 0.717) is 12.8 Å². The second-order valence-corrected chi connectivity index (χ2v) is 21.8. The summed E-state index contributed by atoms with van der Waals surface area (Å²) in [7, 11) is 0. The number of nitrogens with one attached hydrogen (secondary N) is 1. The molecule has 14 heteroatoms. The van der Waals surface area contributed by atoms with Crippen molar-refractivity contribution in [1.29, 1.82) is 0 Å². The fourth-order valence-corrected chi connectivity index (χ4v) is 9.72. The molecule has 0 aromatic rings. The van der Waals surface area contributed by atoms with Crippen molar-refractivity contribution in [3.63, 3.8) is 0 Å². The van der Waals surface area contributed by atoms with E-state index >= 15 is 0 Å². The molecule has 2 heterocycles. The average molecular weight is 1130 g/mol. The molecule has 9 N–H and O–H groups in total. The zero-order valence-electron chi connectivity index (χ0n) is 49.5. The van der Waals surface area contributed by atoms with Gasteiger partial charge in [-0.3, -0.25) is 4.79 Å². The maximum Gasteiger partial charge on any atom is 0.220 e. The molecule has 0 radical (unpaired) electrons. The number of ether oxygens (including phenoxy) is 4. The highest BCUT2D eigenvalue weighted by atomic mass is 16.7. The largest absolute Gasteiger partial charge is 0.394 e. The first kappa shape index (κ1) is 73.0. The molecule has 0 aromatic heterocycles. The summed E-state index contributed by atoms with van der Waals surface area (Å²) in [4.78, 5) is 13.3. The molecule has 2 rings (SSSR count). The Hall–Kier alpha value is -3.09. The molecule has 2 saturated heterocycles. The summed E-state index contributed by atoms with van der Waals surface area (Å²) in [5.41, 5.74) is 0. The number of amides is 1. The van der Waals surface area contributed by atoms with Crippen molar-refractivity contribution in [2.45, 2.75) is 293 Å². The van der Waals surface area contributed by atoms with Gasteiger partial charge in [-0.15, -0.1) is 0 Å². The van der Waals surface area contributed by atoms with Crippen molar-refractivity contribution < 1.29 is 64.6 Å². The fourth-order valence-electron chi connectivity index (χ4n) is 9.72. The summed E-state index contributed by atoms with van der Waals surface area (Å²) < 4.78 is 22.7. The van der Waals surface area contributed by atoms with Crippen molar-refractivity contribution in [3.05, 3.63) is 97.2 Å². The Morgan fingerprint density at radius 3 is 1.38 bits per heavy atom. The van der Waals surface area contributed by atoms with Crippen LogP contribution in [0, 0.1) is 0 Å². The Morgan fingerprint density at radius 1 is 0.463 bits per heavy atom. The molecule has 2 fully saturated rings. The normalized spacial score (nSPS) is 24.9. The Balaban J connectivity index is 1.66. The Bertz CT molecular complexity index is 1710. The van der Waals surface area contributed by atoms with Gasteiger partial charge >= 0.3 is 0 Å². The zero-order valence-corrected chi connectivity index (χ0v) is 49.5. The van der Waals surface area contributed by atoms with E-state index in [1.54, 1.807) is 6.08 Å². The highest BCUT2D eigenvalue weighted by molar-refractivity contribution is 5.76. The minimum Gasteiger partial charge on any atom is -0.394 e. The van der Waals surface area contributed by atoms with Crippen molar-refractivity contribution in [3.8, 4) is 0 Å². The molecule has 0 aliphatic carbocycles. The van der Waals surface area contributed by atoms with Gasteiger partial charge in [-0.1, -0.05) is 227 Å². The minimum absolute atomic E-state index is 0.254. The van der Waals surface area contributed by atoms with Crippen molar-refractivity contribution >= 4 is 5.91 Å². The van der Waals surface area contributed by atoms with Crippen molar-refractivity contribution in [2.75, 3.05) is 19.8 Å². The molecule has 12 atom stereocenters. The van der Waals surface area contributed by atoms with E-state index in [9.17, 15) is 45.6 Å². The maximum absolute atomic E-state index is 13.3. The predicted octanol–water partition coefficient (Wildman–Crippen LogP) is 11.4. The molecule has 80 heavy (non-hydrogen) atoms. The van der Waals surface area contributed by atoms with E-state index < -0.39 is 86.8 Å². The van der Waals surface area contributed by atoms with Gasteiger partial charge in [-0.25, -0.2) is 0 Å². The van der Waals surface area contributed by atoms with Gasteiger partial charge in [0, 0.05) is 6.42 Å². The third-order valence-corrected chi connectivity index (χ3v) is 14.8. The molecule has 0 bridgehead atoms. The number of aliphatic hydroxyl groups excluding tert-OH is 8. The number of hydrogen-bond donors (Lipinski definition) is 9. The first-order chi connectivity index (χ1) is 39.1. The summed E-state index contributed by atoms with van der Waals surface area (Å²) >= 11 is 0. The van der Waals surface area contributed by atoms with E-state index in [4.69, 9.17) is 18.9 Å². The lowest BCUT2D eigenvalue weighted by molar-refractivity contribution is -0.359. The second-order valence-electron chi connectivity index (χ2n) is 21.8. The van der Waals surface area contributed by atoms with Crippen LogP contribution in [0.15, 0.2) is 97.2 Å². The smallest absolute Gasteiger partial charge is 0.220 e. The van der Waals surface area contributed by atoms with Crippen LogP contribution in [0.1, 0.15) is 219 Å². The molecule has 1 amide bonds. The number of unbranched alkanes of at least 4 members (excludes halogenated alkanes) is 22. The highest BCUT2D eigenvalue weighted by Crippen LogP contribution is 2.30. The number of aliphatic hydroxyl groups is 8. The summed E-state index contributed by atoms with van der Waals surface area (Å²) in [6.45, 7) is 2.64. The van der Waals surface area contributed by atoms with E-state index in [1.165, 1.54) is 116 Å². The molecule has 14 nitrogen and oxygen atoms in total. The van der Waals surface area contributed by atoms with Crippen LogP contribution in [0.2, 0.25) is 0 Å². The molecule has 2 aliphatic heterocycles. The van der Waals surface area contributed by atoms with Crippen LogP contribution in [-0.4, -0.2) is 140 Å². The molecule has 12 unspecified atom stereocenters. The lowest BCUT2D eigenvalue weighted by Gasteiger charge is -2.46. The van der Waals surface area contributed by atoms with Gasteiger partial charge in [0.25, 0.3) is 0 Å². The van der Waals surface area contributed by atoms with Crippen LogP contribution in [0.3, 0.4) is 0 Å². The number of rotatable bonds is 49. The second kappa shape index (κ2) is 50.4.